The molecule has 1 fully saturated rings. The third-order valence-electron chi connectivity index (χ3n) is 5.03. The smallest absolute Gasteiger partial charge is 0.223 e. The number of aryl methyl sites for hydroxylation is 1. The van der Waals surface area contributed by atoms with E-state index in [1.165, 1.54) is 0 Å². The minimum atomic E-state index is 0.0274. The Morgan fingerprint density at radius 2 is 1.96 bits per heavy atom. The van der Waals surface area contributed by atoms with Crippen molar-refractivity contribution < 1.29 is 9.32 Å². The number of benzene rings is 1. The summed E-state index contributed by atoms with van der Waals surface area (Å²) in [6.45, 7) is 3.88. The molecule has 0 bridgehead atoms. The molecule has 1 amide bonds. The summed E-state index contributed by atoms with van der Waals surface area (Å²) in [7, 11) is 0. The summed E-state index contributed by atoms with van der Waals surface area (Å²) in [6.07, 6.45) is 3.36. The molecule has 0 radical (unpaired) electrons. The van der Waals surface area contributed by atoms with Crippen LogP contribution in [-0.2, 0) is 11.3 Å². The van der Waals surface area contributed by atoms with Crippen molar-refractivity contribution in [2.24, 2.45) is 5.92 Å². The molecular formula is C21H23N5O2. The summed E-state index contributed by atoms with van der Waals surface area (Å²) in [4.78, 5) is 23.6. The Hall–Kier alpha value is -3.22. The Morgan fingerprint density at radius 1 is 1.18 bits per heavy atom. The SMILES string of the molecule is Cc1nc(-c2cccnc2N2CCC(C(=O)NCc3ccccc3)CC2)no1. The van der Waals surface area contributed by atoms with Gasteiger partial charge in [0, 0.05) is 38.7 Å². The predicted molar refractivity (Wildman–Crippen MR) is 105 cm³/mol. The molecule has 0 unspecified atom stereocenters. The first-order valence-electron chi connectivity index (χ1n) is 9.53. The molecule has 1 aromatic carbocycles. The fourth-order valence-electron chi connectivity index (χ4n) is 3.52. The van der Waals surface area contributed by atoms with Crippen LogP contribution in [0, 0.1) is 12.8 Å². The molecule has 3 aromatic rings. The van der Waals surface area contributed by atoms with E-state index in [0.717, 1.165) is 42.9 Å². The third-order valence-corrected chi connectivity index (χ3v) is 5.03. The molecule has 1 saturated heterocycles. The zero-order chi connectivity index (χ0) is 19.3. The van der Waals surface area contributed by atoms with Gasteiger partial charge >= 0.3 is 0 Å². The zero-order valence-electron chi connectivity index (χ0n) is 15.8. The molecule has 0 aliphatic carbocycles. The fraction of sp³-hybridized carbons (Fsp3) is 0.333. The first-order valence-corrected chi connectivity index (χ1v) is 9.53. The third kappa shape index (κ3) is 4.03. The lowest BCUT2D eigenvalue weighted by Gasteiger charge is -2.32. The highest BCUT2D eigenvalue weighted by atomic mass is 16.5. The molecule has 7 nitrogen and oxygen atoms in total. The Bertz CT molecular complexity index is 933. The first-order chi connectivity index (χ1) is 13.7. The normalized spacial score (nSPS) is 14.8. The lowest BCUT2D eigenvalue weighted by Crippen LogP contribution is -2.40. The van der Waals surface area contributed by atoms with Crippen molar-refractivity contribution in [3.63, 3.8) is 0 Å². The number of aromatic nitrogens is 3. The van der Waals surface area contributed by atoms with Crippen molar-refractivity contribution in [3.8, 4) is 11.4 Å². The number of carbonyl (C=O) groups excluding carboxylic acids is 1. The summed E-state index contributed by atoms with van der Waals surface area (Å²) < 4.78 is 5.11. The quantitative estimate of drug-likeness (QED) is 0.736. The van der Waals surface area contributed by atoms with Crippen molar-refractivity contribution in [2.75, 3.05) is 18.0 Å². The van der Waals surface area contributed by atoms with Crippen LogP contribution in [0.3, 0.4) is 0 Å². The lowest BCUT2D eigenvalue weighted by molar-refractivity contribution is -0.125. The molecule has 1 aliphatic rings. The van der Waals surface area contributed by atoms with E-state index in [1.807, 2.05) is 42.5 Å². The topological polar surface area (TPSA) is 84.2 Å². The number of hydrogen-bond acceptors (Lipinski definition) is 6. The van der Waals surface area contributed by atoms with E-state index in [0.29, 0.717) is 18.3 Å². The molecule has 7 heteroatoms. The van der Waals surface area contributed by atoms with Crippen LogP contribution in [0.2, 0.25) is 0 Å². The van der Waals surface area contributed by atoms with Crippen molar-refractivity contribution >= 4 is 11.7 Å². The molecule has 0 spiro atoms. The second-order valence-corrected chi connectivity index (χ2v) is 6.98. The van der Waals surface area contributed by atoms with Crippen molar-refractivity contribution in [2.45, 2.75) is 26.3 Å². The fourth-order valence-corrected chi connectivity index (χ4v) is 3.52. The van der Waals surface area contributed by atoms with Crippen LogP contribution < -0.4 is 10.2 Å². The van der Waals surface area contributed by atoms with Gasteiger partial charge in [0.15, 0.2) is 0 Å². The van der Waals surface area contributed by atoms with E-state index in [9.17, 15) is 4.79 Å². The van der Waals surface area contributed by atoms with Gasteiger partial charge in [-0.15, -0.1) is 0 Å². The van der Waals surface area contributed by atoms with E-state index >= 15 is 0 Å². The number of rotatable bonds is 5. The molecule has 4 rings (SSSR count). The van der Waals surface area contributed by atoms with Crippen LogP contribution in [0.1, 0.15) is 24.3 Å². The van der Waals surface area contributed by atoms with E-state index in [-0.39, 0.29) is 11.8 Å². The maximum absolute atomic E-state index is 12.5. The van der Waals surface area contributed by atoms with Gasteiger partial charge in [-0.2, -0.15) is 4.98 Å². The van der Waals surface area contributed by atoms with Gasteiger partial charge in [0.25, 0.3) is 0 Å². The van der Waals surface area contributed by atoms with E-state index in [2.05, 4.69) is 25.3 Å². The number of hydrogen-bond donors (Lipinski definition) is 1. The van der Waals surface area contributed by atoms with Gasteiger partial charge in [-0.3, -0.25) is 4.79 Å². The summed E-state index contributed by atoms with van der Waals surface area (Å²) in [5.41, 5.74) is 1.97. The molecule has 2 aromatic heterocycles. The average Bonchev–Trinajstić information content (AvgIpc) is 3.19. The highest BCUT2D eigenvalue weighted by Gasteiger charge is 2.27. The summed E-state index contributed by atoms with van der Waals surface area (Å²) in [5.74, 6) is 2.06. The van der Waals surface area contributed by atoms with E-state index in [1.54, 1.807) is 13.1 Å². The molecule has 1 N–H and O–H groups in total. The standard InChI is InChI=1S/C21H23N5O2/c1-15-24-19(25-28-15)18-8-5-11-22-20(18)26-12-9-17(10-13-26)21(27)23-14-16-6-3-2-4-7-16/h2-8,11,17H,9-10,12-14H2,1H3,(H,23,27). The van der Waals surface area contributed by atoms with Crippen LogP contribution in [0.5, 0.6) is 0 Å². The first kappa shape index (κ1) is 18.2. The number of piperidine rings is 1. The van der Waals surface area contributed by atoms with Gasteiger partial charge in [-0.25, -0.2) is 4.98 Å². The van der Waals surface area contributed by atoms with Gasteiger partial charge in [-0.05, 0) is 30.5 Å². The summed E-state index contributed by atoms with van der Waals surface area (Å²) in [5, 5.41) is 7.08. The second-order valence-electron chi connectivity index (χ2n) is 6.98. The van der Waals surface area contributed by atoms with Crippen molar-refractivity contribution in [1.82, 2.24) is 20.4 Å². The maximum Gasteiger partial charge on any atom is 0.223 e. The maximum atomic E-state index is 12.5. The lowest BCUT2D eigenvalue weighted by atomic mass is 9.95. The number of anilines is 1. The number of pyridine rings is 1. The number of nitrogens with zero attached hydrogens (tertiary/aromatic N) is 4. The largest absolute Gasteiger partial charge is 0.356 e. The Kier molecular flexibility index (Phi) is 5.32. The minimum absolute atomic E-state index is 0.0274. The summed E-state index contributed by atoms with van der Waals surface area (Å²) >= 11 is 0. The van der Waals surface area contributed by atoms with Gasteiger partial charge in [-0.1, -0.05) is 35.5 Å². The van der Waals surface area contributed by atoms with Crippen LogP contribution in [-0.4, -0.2) is 34.1 Å². The highest BCUT2D eigenvalue weighted by molar-refractivity contribution is 5.79. The zero-order valence-corrected chi connectivity index (χ0v) is 15.8. The predicted octanol–water partition coefficient (Wildman–Crippen LogP) is 2.97. The van der Waals surface area contributed by atoms with E-state index < -0.39 is 0 Å². The van der Waals surface area contributed by atoms with Crippen LogP contribution in [0.25, 0.3) is 11.4 Å². The molecular weight excluding hydrogens is 354 g/mol. The molecule has 144 valence electrons. The van der Waals surface area contributed by atoms with Crippen LogP contribution in [0.15, 0.2) is 53.2 Å². The Morgan fingerprint density at radius 3 is 2.68 bits per heavy atom. The van der Waals surface area contributed by atoms with Gasteiger partial charge in [0.1, 0.15) is 5.82 Å². The van der Waals surface area contributed by atoms with Crippen LogP contribution >= 0.6 is 0 Å². The van der Waals surface area contributed by atoms with Crippen molar-refractivity contribution in [3.05, 3.63) is 60.1 Å². The van der Waals surface area contributed by atoms with Gasteiger partial charge in [0.05, 0.1) is 5.56 Å². The minimum Gasteiger partial charge on any atom is -0.356 e. The number of nitrogens with one attached hydrogen (secondary N) is 1. The highest BCUT2D eigenvalue weighted by Crippen LogP contribution is 2.30. The summed E-state index contributed by atoms with van der Waals surface area (Å²) in [6, 6.07) is 13.8. The Labute approximate surface area is 163 Å². The van der Waals surface area contributed by atoms with Gasteiger partial charge in [0.2, 0.25) is 17.6 Å². The number of amides is 1. The molecule has 1 aliphatic heterocycles. The van der Waals surface area contributed by atoms with Crippen LogP contribution in [0.4, 0.5) is 5.82 Å². The second kappa shape index (κ2) is 8.21. The molecule has 0 saturated carbocycles. The molecule has 28 heavy (non-hydrogen) atoms. The van der Waals surface area contributed by atoms with E-state index in [4.69, 9.17) is 4.52 Å². The number of carbonyl (C=O) groups is 1. The molecule has 3 heterocycles. The Balaban J connectivity index is 1.37. The molecule has 0 atom stereocenters. The van der Waals surface area contributed by atoms with Gasteiger partial charge < -0.3 is 14.7 Å². The monoisotopic (exact) mass is 377 g/mol. The average molecular weight is 377 g/mol. The van der Waals surface area contributed by atoms with Crippen molar-refractivity contribution in [1.29, 1.82) is 0 Å².